The molecule has 0 bridgehead atoms. The Labute approximate surface area is 88.1 Å². The molecule has 0 heterocycles. The summed E-state index contributed by atoms with van der Waals surface area (Å²) >= 11 is 0. The lowest BCUT2D eigenvalue weighted by atomic mass is 9.84. The molecule has 1 aromatic rings. The maximum absolute atomic E-state index is 13.3. The fraction of sp³-hybridized carbons (Fsp3) is 0.333. The molecule has 0 aromatic heterocycles. The molecule has 0 fully saturated rings. The topological polar surface area (TPSA) is 20.2 Å². The standard InChI is InChI=1S/C12H14F2O/c1-3-12(2,8-15)7-9-10(13)5-4-6-11(9)14/h3-6,15H,1,7-8H2,2H3. The Bertz CT molecular complexity index is 342. The number of halogens is 2. The lowest BCUT2D eigenvalue weighted by Gasteiger charge is -2.23. The second-order valence-corrected chi connectivity index (χ2v) is 3.89. The molecule has 1 unspecified atom stereocenters. The highest BCUT2D eigenvalue weighted by molar-refractivity contribution is 5.22. The molecule has 3 heteroatoms. The van der Waals surface area contributed by atoms with Crippen LogP contribution in [0.4, 0.5) is 8.78 Å². The summed E-state index contributed by atoms with van der Waals surface area (Å²) in [6.45, 7) is 5.06. The second kappa shape index (κ2) is 4.53. The number of benzene rings is 1. The first-order valence-electron chi connectivity index (χ1n) is 4.70. The second-order valence-electron chi connectivity index (χ2n) is 3.89. The van der Waals surface area contributed by atoms with Gasteiger partial charge in [0.1, 0.15) is 11.6 Å². The summed E-state index contributed by atoms with van der Waals surface area (Å²) in [4.78, 5) is 0. The molecule has 1 N–H and O–H groups in total. The van der Waals surface area contributed by atoms with Crippen molar-refractivity contribution in [2.45, 2.75) is 13.3 Å². The van der Waals surface area contributed by atoms with Crippen LogP contribution < -0.4 is 0 Å². The normalized spacial score (nSPS) is 14.7. The third kappa shape index (κ3) is 2.63. The van der Waals surface area contributed by atoms with Gasteiger partial charge in [0.2, 0.25) is 0 Å². The van der Waals surface area contributed by atoms with Gasteiger partial charge in [-0.05, 0) is 18.6 Å². The van der Waals surface area contributed by atoms with Crippen LogP contribution in [0.5, 0.6) is 0 Å². The lowest BCUT2D eigenvalue weighted by molar-refractivity contribution is 0.182. The summed E-state index contributed by atoms with van der Waals surface area (Å²) in [6, 6.07) is 3.73. The van der Waals surface area contributed by atoms with Gasteiger partial charge < -0.3 is 5.11 Å². The van der Waals surface area contributed by atoms with Crippen LogP contribution in [0.1, 0.15) is 12.5 Å². The molecular formula is C12H14F2O. The molecule has 0 spiro atoms. The van der Waals surface area contributed by atoms with Gasteiger partial charge in [0.25, 0.3) is 0 Å². The molecule has 15 heavy (non-hydrogen) atoms. The van der Waals surface area contributed by atoms with Crippen molar-refractivity contribution in [3.8, 4) is 0 Å². The lowest BCUT2D eigenvalue weighted by Crippen LogP contribution is -2.22. The number of aliphatic hydroxyl groups is 1. The zero-order valence-corrected chi connectivity index (χ0v) is 8.63. The van der Waals surface area contributed by atoms with Crippen molar-refractivity contribution < 1.29 is 13.9 Å². The molecule has 0 radical (unpaired) electrons. The molecule has 1 rings (SSSR count). The quantitative estimate of drug-likeness (QED) is 0.761. The molecule has 1 aromatic carbocycles. The van der Waals surface area contributed by atoms with Crippen molar-refractivity contribution in [3.05, 3.63) is 48.1 Å². The summed E-state index contributed by atoms with van der Waals surface area (Å²) in [7, 11) is 0. The first kappa shape index (κ1) is 11.9. The van der Waals surface area contributed by atoms with Crippen molar-refractivity contribution in [1.82, 2.24) is 0 Å². The van der Waals surface area contributed by atoms with E-state index in [4.69, 9.17) is 5.11 Å². The van der Waals surface area contributed by atoms with Gasteiger partial charge in [-0.25, -0.2) is 8.78 Å². The monoisotopic (exact) mass is 212 g/mol. The van der Waals surface area contributed by atoms with Crippen LogP contribution in [0.3, 0.4) is 0 Å². The fourth-order valence-electron chi connectivity index (χ4n) is 1.30. The van der Waals surface area contributed by atoms with Crippen LogP contribution in [0.2, 0.25) is 0 Å². The number of hydrogen-bond donors (Lipinski definition) is 1. The largest absolute Gasteiger partial charge is 0.395 e. The Balaban J connectivity index is 3.03. The van der Waals surface area contributed by atoms with Gasteiger partial charge in [-0.1, -0.05) is 19.1 Å². The van der Waals surface area contributed by atoms with Gasteiger partial charge >= 0.3 is 0 Å². The SMILES string of the molecule is C=CC(C)(CO)Cc1c(F)cccc1F. The molecule has 0 aliphatic rings. The van der Waals surface area contributed by atoms with Crippen molar-refractivity contribution in [1.29, 1.82) is 0 Å². The molecule has 1 nitrogen and oxygen atoms in total. The number of aliphatic hydroxyl groups excluding tert-OH is 1. The van der Waals surface area contributed by atoms with Gasteiger partial charge in [-0.3, -0.25) is 0 Å². The number of hydrogen-bond acceptors (Lipinski definition) is 1. The fourth-order valence-corrected chi connectivity index (χ4v) is 1.30. The summed E-state index contributed by atoms with van der Waals surface area (Å²) in [6.07, 6.45) is 1.62. The Morgan fingerprint density at radius 1 is 1.40 bits per heavy atom. The minimum Gasteiger partial charge on any atom is -0.395 e. The Kier molecular flexibility index (Phi) is 3.58. The van der Waals surface area contributed by atoms with E-state index in [0.717, 1.165) is 0 Å². The van der Waals surface area contributed by atoms with E-state index in [0.29, 0.717) is 0 Å². The van der Waals surface area contributed by atoms with E-state index in [1.165, 1.54) is 24.3 Å². The van der Waals surface area contributed by atoms with Crippen molar-refractivity contribution in [2.24, 2.45) is 5.41 Å². The first-order chi connectivity index (χ1) is 7.02. The van der Waals surface area contributed by atoms with Crippen LogP contribution in [-0.2, 0) is 6.42 Å². The average molecular weight is 212 g/mol. The summed E-state index contributed by atoms with van der Waals surface area (Å²) in [5.74, 6) is -1.17. The maximum Gasteiger partial charge on any atom is 0.129 e. The van der Waals surface area contributed by atoms with Crippen molar-refractivity contribution in [2.75, 3.05) is 6.61 Å². The zero-order valence-electron chi connectivity index (χ0n) is 8.63. The molecule has 0 saturated carbocycles. The van der Waals surface area contributed by atoms with Gasteiger partial charge in [-0.2, -0.15) is 0 Å². The van der Waals surface area contributed by atoms with E-state index in [-0.39, 0.29) is 18.6 Å². The van der Waals surface area contributed by atoms with E-state index in [1.807, 2.05) is 0 Å². The van der Waals surface area contributed by atoms with E-state index < -0.39 is 17.0 Å². The molecule has 82 valence electrons. The highest BCUT2D eigenvalue weighted by Gasteiger charge is 2.23. The molecular weight excluding hydrogens is 198 g/mol. The third-order valence-electron chi connectivity index (χ3n) is 2.50. The molecule has 0 saturated heterocycles. The summed E-state index contributed by atoms with van der Waals surface area (Å²) < 4.78 is 26.6. The minimum absolute atomic E-state index is 0.00560. The predicted molar refractivity (Wildman–Crippen MR) is 55.5 cm³/mol. The van der Waals surface area contributed by atoms with E-state index in [9.17, 15) is 8.78 Å². The number of rotatable bonds is 4. The van der Waals surface area contributed by atoms with Crippen LogP contribution in [0.25, 0.3) is 0 Å². The first-order valence-corrected chi connectivity index (χ1v) is 4.70. The predicted octanol–water partition coefficient (Wildman–Crippen LogP) is 2.69. The Morgan fingerprint density at radius 3 is 2.33 bits per heavy atom. The average Bonchev–Trinajstić information content (AvgIpc) is 2.23. The van der Waals surface area contributed by atoms with Crippen molar-refractivity contribution in [3.63, 3.8) is 0 Å². The Morgan fingerprint density at radius 2 is 1.93 bits per heavy atom. The molecule has 0 aliphatic heterocycles. The summed E-state index contributed by atoms with van der Waals surface area (Å²) in [5.41, 5.74) is -0.697. The van der Waals surface area contributed by atoms with Crippen LogP contribution in [0, 0.1) is 17.0 Å². The van der Waals surface area contributed by atoms with Gasteiger partial charge in [0.15, 0.2) is 0 Å². The van der Waals surface area contributed by atoms with Gasteiger partial charge in [0.05, 0.1) is 6.61 Å². The van der Waals surface area contributed by atoms with Gasteiger partial charge in [0, 0.05) is 11.0 Å². The Hall–Kier alpha value is -1.22. The maximum atomic E-state index is 13.3. The van der Waals surface area contributed by atoms with Crippen molar-refractivity contribution >= 4 is 0 Å². The molecule has 0 aliphatic carbocycles. The summed E-state index contributed by atoms with van der Waals surface area (Å²) in [5, 5.41) is 9.11. The van der Waals surface area contributed by atoms with Gasteiger partial charge in [-0.15, -0.1) is 6.58 Å². The van der Waals surface area contributed by atoms with Crippen LogP contribution in [-0.4, -0.2) is 11.7 Å². The highest BCUT2D eigenvalue weighted by atomic mass is 19.1. The van der Waals surface area contributed by atoms with E-state index >= 15 is 0 Å². The van der Waals surface area contributed by atoms with Crippen LogP contribution in [0.15, 0.2) is 30.9 Å². The third-order valence-corrected chi connectivity index (χ3v) is 2.50. The van der Waals surface area contributed by atoms with E-state index in [2.05, 4.69) is 6.58 Å². The highest BCUT2D eigenvalue weighted by Crippen LogP contribution is 2.26. The minimum atomic E-state index is -0.691. The molecule has 0 amide bonds. The van der Waals surface area contributed by atoms with E-state index in [1.54, 1.807) is 6.92 Å². The zero-order chi connectivity index (χ0) is 11.5. The smallest absolute Gasteiger partial charge is 0.129 e. The molecule has 1 atom stereocenters. The van der Waals surface area contributed by atoms with Crippen LogP contribution >= 0.6 is 0 Å².